The van der Waals surface area contributed by atoms with Gasteiger partial charge in [-0.15, -0.1) is 0 Å². The molecule has 0 fully saturated rings. The molecule has 0 aliphatic heterocycles. The summed E-state index contributed by atoms with van der Waals surface area (Å²) in [5.74, 6) is -0.984. The van der Waals surface area contributed by atoms with Gasteiger partial charge in [0.15, 0.2) is 0 Å². The maximum Gasteiger partial charge on any atom is 0.416 e. The van der Waals surface area contributed by atoms with Crippen molar-refractivity contribution in [3.8, 4) is 11.3 Å². The van der Waals surface area contributed by atoms with E-state index in [1.807, 2.05) is 0 Å². The summed E-state index contributed by atoms with van der Waals surface area (Å²) >= 11 is 5.96. The molecule has 1 N–H and O–H groups in total. The first-order chi connectivity index (χ1) is 18.5. The van der Waals surface area contributed by atoms with E-state index in [-0.39, 0.29) is 23.6 Å². The third kappa shape index (κ3) is 7.82. The molecule has 0 spiro atoms. The van der Waals surface area contributed by atoms with Gasteiger partial charge in [-0.2, -0.15) is 13.2 Å². The van der Waals surface area contributed by atoms with Crippen molar-refractivity contribution in [2.45, 2.75) is 45.7 Å². The SMILES string of the molecule is CC(C)(C)OC(=O)Cn1c(-c2cc(NC(=O)OCc3ccccc3)cc(C(F)(F)F)c2)cc(Cl)c([N+](=O)[O-])c1=O. The second-order valence-corrected chi connectivity index (χ2v) is 9.85. The number of pyridine rings is 1. The Labute approximate surface area is 230 Å². The number of amides is 1. The summed E-state index contributed by atoms with van der Waals surface area (Å²) < 4.78 is 52.2. The van der Waals surface area contributed by atoms with Gasteiger partial charge < -0.3 is 9.47 Å². The Hall–Kier alpha value is -4.39. The predicted octanol–water partition coefficient (Wildman–Crippen LogP) is 6.19. The Balaban J connectivity index is 2.09. The third-order valence-electron chi connectivity index (χ3n) is 5.13. The average Bonchev–Trinajstić information content (AvgIpc) is 2.83. The van der Waals surface area contributed by atoms with Crippen LogP contribution in [-0.2, 0) is 33.6 Å². The number of anilines is 1. The summed E-state index contributed by atoms with van der Waals surface area (Å²) in [5.41, 5.74) is -5.07. The molecule has 2 aromatic carbocycles. The molecule has 0 aliphatic rings. The Morgan fingerprint density at radius 3 is 2.30 bits per heavy atom. The van der Waals surface area contributed by atoms with Crippen LogP contribution in [0.2, 0.25) is 5.02 Å². The summed E-state index contributed by atoms with van der Waals surface area (Å²) in [6, 6.07) is 11.8. The number of alkyl halides is 3. The van der Waals surface area contributed by atoms with Crippen molar-refractivity contribution < 1.29 is 37.2 Å². The Morgan fingerprint density at radius 2 is 1.73 bits per heavy atom. The van der Waals surface area contributed by atoms with Crippen molar-refractivity contribution in [3.05, 3.63) is 91.2 Å². The normalized spacial score (nSPS) is 11.6. The molecule has 14 heteroatoms. The van der Waals surface area contributed by atoms with E-state index in [1.54, 1.807) is 51.1 Å². The van der Waals surface area contributed by atoms with E-state index in [0.29, 0.717) is 22.3 Å². The van der Waals surface area contributed by atoms with E-state index in [4.69, 9.17) is 21.1 Å². The second kappa shape index (κ2) is 11.8. The lowest BCUT2D eigenvalue weighted by atomic mass is 10.0. The van der Waals surface area contributed by atoms with Gasteiger partial charge >= 0.3 is 29.5 Å². The average molecular weight is 582 g/mol. The fourth-order valence-electron chi connectivity index (χ4n) is 3.56. The maximum absolute atomic E-state index is 13.8. The number of rotatable bonds is 7. The molecule has 0 saturated heterocycles. The maximum atomic E-state index is 13.8. The molecule has 1 amide bonds. The number of nitrogens with one attached hydrogen (secondary N) is 1. The van der Waals surface area contributed by atoms with Crippen molar-refractivity contribution in [3.63, 3.8) is 0 Å². The van der Waals surface area contributed by atoms with Crippen LogP contribution < -0.4 is 10.9 Å². The topological polar surface area (TPSA) is 130 Å². The first-order valence-electron chi connectivity index (χ1n) is 11.5. The van der Waals surface area contributed by atoms with E-state index < -0.39 is 57.1 Å². The number of carbonyl (C=O) groups is 2. The quantitative estimate of drug-likeness (QED) is 0.200. The fourth-order valence-corrected chi connectivity index (χ4v) is 3.81. The molecule has 0 aliphatic carbocycles. The van der Waals surface area contributed by atoms with Crippen molar-refractivity contribution in [1.82, 2.24) is 4.57 Å². The number of carbonyl (C=O) groups excluding carboxylic acids is 2. The second-order valence-electron chi connectivity index (χ2n) is 9.44. The number of hydrogen-bond acceptors (Lipinski definition) is 7. The highest BCUT2D eigenvalue weighted by molar-refractivity contribution is 6.32. The van der Waals surface area contributed by atoms with Crippen LogP contribution >= 0.6 is 11.6 Å². The molecule has 0 atom stereocenters. The zero-order valence-corrected chi connectivity index (χ0v) is 22.1. The van der Waals surface area contributed by atoms with Crippen LogP contribution in [0, 0.1) is 10.1 Å². The highest BCUT2D eigenvalue weighted by Gasteiger charge is 2.33. The molecule has 0 saturated carbocycles. The lowest BCUT2D eigenvalue weighted by molar-refractivity contribution is -0.386. The van der Waals surface area contributed by atoms with Gasteiger partial charge in [0.25, 0.3) is 0 Å². The minimum Gasteiger partial charge on any atom is -0.459 e. The monoisotopic (exact) mass is 581 g/mol. The Kier molecular flexibility index (Phi) is 8.88. The van der Waals surface area contributed by atoms with Gasteiger partial charge in [0, 0.05) is 11.3 Å². The van der Waals surface area contributed by atoms with Crippen LogP contribution in [0.3, 0.4) is 0 Å². The lowest BCUT2D eigenvalue weighted by Gasteiger charge is -2.21. The molecular formula is C26H23ClF3N3O7. The van der Waals surface area contributed by atoms with Crippen molar-refractivity contribution in [1.29, 1.82) is 0 Å². The largest absolute Gasteiger partial charge is 0.459 e. The van der Waals surface area contributed by atoms with Crippen LogP contribution in [-0.4, -0.2) is 27.2 Å². The molecular weight excluding hydrogens is 559 g/mol. The van der Waals surface area contributed by atoms with Gasteiger partial charge in [0.2, 0.25) is 0 Å². The van der Waals surface area contributed by atoms with E-state index >= 15 is 0 Å². The summed E-state index contributed by atoms with van der Waals surface area (Å²) in [5, 5.41) is 13.0. The molecule has 3 rings (SSSR count). The number of aromatic nitrogens is 1. The zero-order valence-electron chi connectivity index (χ0n) is 21.4. The number of nitro groups is 1. The van der Waals surface area contributed by atoms with Gasteiger partial charge in [0.1, 0.15) is 23.8 Å². The number of halogens is 4. The summed E-state index contributed by atoms with van der Waals surface area (Å²) in [6.45, 7) is 3.59. The van der Waals surface area contributed by atoms with Crippen LogP contribution in [0.1, 0.15) is 31.9 Å². The molecule has 0 bridgehead atoms. The van der Waals surface area contributed by atoms with Gasteiger partial charge in [-0.05, 0) is 50.6 Å². The van der Waals surface area contributed by atoms with Gasteiger partial charge in [-0.1, -0.05) is 41.9 Å². The highest BCUT2D eigenvalue weighted by Crippen LogP contribution is 2.36. The number of ether oxygens (including phenoxy) is 2. The first-order valence-corrected chi connectivity index (χ1v) is 11.9. The zero-order chi connectivity index (χ0) is 29.8. The van der Waals surface area contributed by atoms with Crippen LogP contribution in [0.15, 0.2) is 59.4 Å². The van der Waals surface area contributed by atoms with E-state index in [0.717, 1.165) is 12.1 Å². The number of esters is 1. The third-order valence-corrected chi connectivity index (χ3v) is 5.42. The summed E-state index contributed by atoms with van der Waals surface area (Å²) in [7, 11) is 0. The molecule has 3 aromatic rings. The van der Waals surface area contributed by atoms with Crippen LogP contribution in [0.5, 0.6) is 0 Å². The number of hydrogen-bond donors (Lipinski definition) is 1. The summed E-state index contributed by atoms with van der Waals surface area (Å²) in [4.78, 5) is 48.3. The van der Waals surface area contributed by atoms with E-state index in [1.165, 1.54) is 0 Å². The minimum absolute atomic E-state index is 0.161. The van der Waals surface area contributed by atoms with Crippen molar-refractivity contribution in [2.24, 2.45) is 0 Å². The van der Waals surface area contributed by atoms with Gasteiger partial charge in [-0.25, -0.2) is 4.79 Å². The molecule has 1 heterocycles. The van der Waals surface area contributed by atoms with E-state index in [9.17, 15) is 37.7 Å². The van der Waals surface area contributed by atoms with E-state index in [2.05, 4.69) is 5.32 Å². The molecule has 10 nitrogen and oxygen atoms in total. The smallest absolute Gasteiger partial charge is 0.416 e. The predicted molar refractivity (Wildman–Crippen MR) is 139 cm³/mol. The number of benzene rings is 2. The van der Waals surface area contributed by atoms with Gasteiger partial charge in [-0.3, -0.25) is 29.6 Å². The van der Waals surface area contributed by atoms with Crippen molar-refractivity contribution >= 4 is 35.0 Å². The highest BCUT2D eigenvalue weighted by atomic mass is 35.5. The molecule has 212 valence electrons. The minimum atomic E-state index is -4.90. The lowest BCUT2D eigenvalue weighted by Crippen LogP contribution is -2.32. The first kappa shape index (κ1) is 30.2. The number of nitrogens with zero attached hydrogens (tertiary/aromatic N) is 2. The summed E-state index contributed by atoms with van der Waals surface area (Å²) in [6.07, 6.45) is -5.97. The van der Waals surface area contributed by atoms with Crippen molar-refractivity contribution in [2.75, 3.05) is 5.32 Å². The van der Waals surface area contributed by atoms with Crippen LogP contribution in [0.4, 0.5) is 29.3 Å². The fraction of sp³-hybridized carbons (Fsp3) is 0.269. The molecule has 40 heavy (non-hydrogen) atoms. The Bertz CT molecular complexity index is 1500. The molecule has 0 unspecified atom stereocenters. The van der Waals surface area contributed by atoms with Crippen LogP contribution in [0.25, 0.3) is 11.3 Å². The molecule has 0 radical (unpaired) electrons. The molecule has 1 aromatic heterocycles. The standard InChI is InChI=1S/C26H23ClF3N3O7/c1-25(2,3)40-21(34)13-32-20(12-19(27)22(23(32)35)33(37)38)16-9-17(26(28,29)30)11-18(10-16)31-24(36)39-14-15-7-5-4-6-8-15/h4-12H,13-14H2,1-3H3,(H,31,36). The Morgan fingerprint density at radius 1 is 1.07 bits per heavy atom. The van der Waals surface area contributed by atoms with Gasteiger partial charge in [0.05, 0.1) is 16.2 Å².